The first-order valence-electron chi connectivity index (χ1n) is 6.98. The molecule has 112 valence electrons. The standard InChI is InChI=1S/C17H19BrClNO/c1-3-10-20-17(14-6-4-5-7-16(14)19)13-9-8-12(21-2)11-15(13)18/h4-9,11,17,20H,3,10H2,1-2H3. The van der Waals surface area contributed by atoms with Crippen LogP contribution in [0.2, 0.25) is 5.02 Å². The van der Waals surface area contributed by atoms with Crippen LogP contribution in [0.25, 0.3) is 0 Å². The van der Waals surface area contributed by atoms with E-state index < -0.39 is 0 Å². The van der Waals surface area contributed by atoms with Gasteiger partial charge in [0.25, 0.3) is 0 Å². The van der Waals surface area contributed by atoms with E-state index in [2.05, 4.69) is 40.3 Å². The van der Waals surface area contributed by atoms with E-state index in [0.29, 0.717) is 0 Å². The molecule has 0 amide bonds. The molecular weight excluding hydrogens is 350 g/mol. The highest BCUT2D eigenvalue weighted by atomic mass is 79.9. The Balaban J connectivity index is 2.43. The second-order valence-electron chi connectivity index (χ2n) is 4.80. The molecule has 1 unspecified atom stereocenters. The van der Waals surface area contributed by atoms with E-state index in [-0.39, 0.29) is 6.04 Å². The maximum Gasteiger partial charge on any atom is 0.120 e. The van der Waals surface area contributed by atoms with Crippen molar-refractivity contribution < 1.29 is 4.74 Å². The van der Waals surface area contributed by atoms with Crippen LogP contribution in [-0.4, -0.2) is 13.7 Å². The first-order valence-corrected chi connectivity index (χ1v) is 8.15. The summed E-state index contributed by atoms with van der Waals surface area (Å²) >= 11 is 10.0. The number of hydrogen-bond acceptors (Lipinski definition) is 2. The van der Waals surface area contributed by atoms with Gasteiger partial charge in [-0.15, -0.1) is 0 Å². The number of benzene rings is 2. The van der Waals surface area contributed by atoms with E-state index in [1.165, 1.54) is 0 Å². The van der Waals surface area contributed by atoms with Gasteiger partial charge in [0.2, 0.25) is 0 Å². The molecule has 0 spiro atoms. The normalized spacial score (nSPS) is 12.2. The fraction of sp³-hybridized carbons (Fsp3) is 0.294. The quantitative estimate of drug-likeness (QED) is 0.756. The lowest BCUT2D eigenvalue weighted by molar-refractivity contribution is 0.414. The molecule has 0 radical (unpaired) electrons. The summed E-state index contributed by atoms with van der Waals surface area (Å²) in [5.41, 5.74) is 2.23. The highest BCUT2D eigenvalue weighted by Gasteiger charge is 2.18. The smallest absolute Gasteiger partial charge is 0.120 e. The van der Waals surface area contributed by atoms with Crippen LogP contribution >= 0.6 is 27.5 Å². The van der Waals surface area contributed by atoms with Crippen LogP contribution in [0.5, 0.6) is 5.75 Å². The zero-order valence-corrected chi connectivity index (χ0v) is 14.5. The largest absolute Gasteiger partial charge is 0.497 e. The van der Waals surface area contributed by atoms with Crippen LogP contribution in [0.15, 0.2) is 46.9 Å². The number of methoxy groups -OCH3 is 1. The molecule has 0 saturated carbocycles. The summed E-state index contributed by atoms with van der Waals surface area (Å²) in [6, 6.07) is 14.0. The van der Waals surface area contributed by atoms with Crippen molar-refractivity contribution in [1.29, 1.82) is 0 Å². The van der Waals surface area contributed by atoms with Gasteiger partial charge in [-0.25, -0.2) is 0 Å². The molecule has 2 aromatic rings. The van der Waals surface area contributed by atoms with E-state index in [4.69, 9.17) is 16.3 Å². The summed E-state index contributed by atoms with van der Waals surface area (Å²) in [5, 5.41) is 4.34. The molecule has 2 nitrogen and oxygen atoms in total. The van der Waals surface area contributed by atoms with Crippen LogP contribution in [-0.2, 0) is 0 Å². The lowest BCUT2D eigenvalue weighted by atomic mass is 9.98. The summed E-state index contributed by atoms with van der Waals surface area (Å²) in [6.45, 7) is 3.08. The molecule has 1 atom stereocenters. The summed E-state index contributed by atoms with van der Waals surface area (Å²) in [5.74, 6) is 0.832. The second-order valence-corrected chi connectivity index (χ2v) is 6.06. The van der Waals surface area contributed by atoms with Crippen molar-refractivity contribution in [3.63, 3.8) is 0 Å². The fourth-order valence-electron chi connectivity index (χ4n) is 2.25. The average Bonchev–Trinajstić information content (AvgIpc) is 2.50. The van der Waals surface area contributed by atoms with Crippen molar-refractivity contribution in [2.45, 2.75) is 19.4 Å². The molecule has 0 heterocycles. The van der Waals surface area contributed by atoms with Crippen molar-refractivity contribution in [3.8, 4) is 5.75 Å². The van der Waals surface area contributed by atoms with E-state index in [0.717, 1.165) is 39.3 Å². The van der Waals surface area contributed by atoms with Crippen molar-refractivity contribution in [1.82, 2.24) is 5.32 Å². The minimum atomic E-state index is 0.0546. The molecule has 0 aliphatic heterocycles. The number of rotatable bonds is 6. The Labute approximate surface area is 139 Å². The van der Waals surface area contributed by atoms with Crippen molar-refractivity contribution in [3.05, 3.63) is 63.1 Å². The summed E-state index contributed by atoms with van der Waals surface area (Å²) in [6.07, 6.45) is 1.06. The zero-order chi connectivity index (χ0) is 15.2. The van der Waals surface area contributed by atoms with Crippen molar-refractivity contribution >= 4 is 27.5 Å². The van der Waals surface area contributed by atoms with Gasteiger partial charge in [-0.2, -0.15) is 0 Å². The fourth-order valence-corrected chi connectivity index (χ4v) is 3.09. The molecule has 0 aromatic heterocycles. The molecule has 1 N–H and O–H groups in total. The zero-order valence-electron chi connectivity index (χ0n) is 12.2. The molecule has 21 heavy (non-hydrogen) atoms. The monoisotopic (exact) mass is 367 g/mol. The Morgan fingerprint density at radius 1 is 1.19 bits per heavy atom. The van der Waals surface area contributed by atoms with Crippen LogP contribution < -0.4 is 10.1 Å². The Bertz CT molecular complexity index is 603. The lowest BCUT2D eigenvalue weighted by Gasteiger charge is -2.22. The molecule has 0 aliphatic rings. The summed E-state index contributed by atoms with van der Waals surface area (Å²) in [7, 11) is 1.67. The molecule has 4 heteroatoms. The highest BCUT2D eigenvalue weighted by molar-refractivity contribution is 9.10. The topological polar surface area (TPSA) is 21.3 Å². The molecule has 0 aliphatic carbocycles. The first-order chi connectivity index (χ1) is 10.2. The van der Waals surface area contributed by atoms with Crippen LogP contribution in [0.1, 0.15) is 30.5 Å². The Morgan fingerprint density at radius 2 is 1.95 bits per heavy atom. The molecule has 2 rings (SSSR count). The van der Waals surface area contributed by atoms with Gasteiger partial charge in [0, 0.05) is 9.50 Å². The van der Waals surface area contributed by atoms with Gasteiger partial charge in [0.05, 0.1) is 13.2 Å². The molecule has 0 bridgehead atoms. The minimum absolute atomic E-state index is 0.0546. The van der Waals surface area contributed by atoms with E-state index in [1.54, 1.807) is 7.11 Å². The van der Waals surface area contributed by atoms with Gasteiger partial charge in [-0.05, 0) is 42.3 Å². The van der Waals surface area contributed by atoms with Gasteiger partial charge in [0.1, 0.15) is 5.75 Å². The Kier molecular flexibility index (Phi) is 6.09. The van der Waals surface area contributed by atoms with Gasteiger partial charge >= 0.3 is 0 Å². The predicted molar refractivity (Wildman–Crippen MR) is 92.3 cm³/mol. The minimum Gasteiger partial charge on any atom is -0.497 e. The number of hydrogen-bond donors (Lipinski definition) is 1. The predicted octanol–water partition coefficient (Wildman–Crippen LogP) is 5.20. The van der Waals surface area contributed by atoms with Gasteiger partial charge in [0.15, 0.2) is 0 Å². The third kappa shape index (κ3) is 4.00. The van der Waals surface area contributed by atoms with Gasteiger partial charge in [-0.1, -0.05) is 58.7 Å². The number of halogens is 2. The lowest BCUT2D eigenvalue weighted by Crippen LogP contribution is -2.23. The summed E-state index contributed by atoms with van der Waals surface area (Å²) < 4.78 is 6.27. The van der Waals surface area contributed by atoms with Gasteiger partial charge in [-0.3, -0.25) is 0 Å². The number of nitrogens with one attached hydrogen (secondary N) is 1. The van der Waals surface area contributed by atoms with E-state index in [9.17, 15) is 0 Å². The molecular formula is C17H19BrClNO. The molecule has 0 fully saturated rings. The Morgan fingerprint density at radius 3 is 2.57 bits per heavy atom. The summed E-state index contributed by atoms with van der Waals surface area (Å²) in [4.78, 5) is 0. The highest BCUT2D eigenvalue weighted by Crippen LogP contribution is 2.34. The van der Waals surface area contributed by atoms with E-state index in [1.807, 2.05) is 30.3 Å². The van der Waals surface area contributed by atoms with Crippen LogP contribution in [0, 0.1) is 0 Å². The molecule has 2 aromatic carbocycles. The Hall–Kier alpha value is -1.03. The third-order valence-electron chi connectivity index (χ3n) is 3.33. The van der Waals surface area contributed by atoms with Crippen LogP contribution in [0.4, 0.5) is 0 Å². The average molecular weight is 369 g/mol. The van der Waals surface area contributed by atoms with Crippen LogP contribution in [0.3, 0.4) is 0 Å². The van der Waals surface area contributed by atoms with Crippen molar-refractivity contribution in [2.24, 2.45) is 0 Å². The SMILES string of the molecule is CCCNC(c1ccccc1Cl)c1ccc(OC)cc1Br. The van der Waals surface area contributed by atoms with Gasteiger partial charge < -0.3 is 10.1 Å². The maximum atomic E-state index is 6.38. The molecule has 0 saturated heterocycles. The van der Waals surface area contributed by atoms with E-state index >= 15 is 0 Å². The van der Waals surface area contributed by atoms with Crippen molar-refractivity contribution in [2.75, 3.05) is 13.7 Å². The first kappa shape index (κ1) is 16.3. The number of ether oxygens (including phenoxy) is 1. The third-order valence-corrected chi connectivity index (χ3v) is 4.36. The maximum absolute atomic E-state index is 6.38. The second kappa shape index (κ2) is 7.83.